The van der Waals surface area contributed by atoms with Crippen LogP contribution < -0.4 is 14.8 Å². The fourth-order valence-corrected chi connectivity index (χ4v) is 4.60. The highest BCUT2D eigenvalue weighted by molar-refractivity contribution is 7.89. The Hall–Kier alpha value is -2.66. The van der Waals surface area contributed by atoms with Gasteiger partial charge < -0.3 is 10.1 Å². The number of rotatable bonds is 6. The fourth-order valence-electron chi connectivity index (χ4n) is 3.30. The third-order valence-corrected chi connectivity index (χ3v) is 6.37. The largest absolute Gasteiger partial charge is 0.474 e. The van der Waals surface area contributed by atoms with Crippen molar-refractivity contribution in [1.82, 2.24) is 9.71 Å². The monoisotopic (exact) mass is 457 g/mol. The lowest BCUT2D eigenvalue weighted by Crippen LogP contribution is -2.39. The fraction of sp³-hybridized carbons (Fsp3) is 0.400. The van der Waals surface area contributed by atoms with Crippen LogP contribution in [0.3, 0.4) is 0 Å². The van der Waals surface area contributed by atoms with E-state index < -0.39 is 21.8 Å². The molecule has 2 aromatic rings. The van der Waals surface area contributed by atoms with E-state index in [4.69, 9.17) is 4.74 Å². The molecule has 2 N–H and O–H groups in total. The van der Waals surface area contributed by atoms with E-state index >= 15 is 0 Å². The van der Waals surface area contributed by atoms with Crippen LogP contribution in [0.2, 0.25) is 0 Å². The third kappa shape index (κ3) is 6.41. The smallest absolute Gasteiger partial charge is 0.417 e. The first kappa shape index (κ1) is 23.0. The Balaban J connectivity index is 1.51. The van der Waals surface area contributed by atoms with E-state index in [1.165, 1.54) is 37.3 Å². The molecule has 1 amide bonds. The molecular weight excluding hydrogens is 435 g/mol. The first-order valence-electron chi connectivity index (χ1n) is 9.63. The maximum absolute atomic E-state index is 12.6. The van der Waals surface area contributed by atoms with E-state index in [9.17, 15) is 26.4 Å². The van der Waals surface area contributed by atoms with Gasteiger partial charge in [-0.25, -0.2) is 18.1 Å². The average Bonchev–Trinajstić information content (AvgIpc) is 2.69. The number of hydrogen-bond donors (Lipinski definition) is 2. The van der Waals surface area contributed by atoms with E-state index in [1.54, 1.807) is 0 Å². The number of pyridine rings is 1. The lowest BCUT2D eigenvalue weighted by molar-refractivity contribution is -0.137. The molecule has 0 bridgehead atoms. The van der Waals surface area contributed by atoms with E-state index in [0.29, 0.717) is 31.4 Å². The van der Waals surface area contributed by atoms with Gasteiger partial charge in [-0.05, 0) is 56.0 Å². The standard InChI is InChI=1S/C20H22F3N3O4S/c1-13(27)25-15-5-9-18(10-6-15)31(28,29)26-16-3-7-17(8-4-16)30-19-11-2-14(12-24-19)20(21,22)23/h2,5-6,9-12,16-17,26H,3-4,7-8H2,1H3,(H,25,27). The maximum atomic E-state index is 12.6. The van der Waals surface area contributed by atoms with E-state index in [0.717, 1.165) is 12.3 Å². The first-order chi connectivity index (χ1) is 14.5. The number of carbonyl (C=O) groups excluding carboxylic acids is 1. The van der Waals surface area contributed by atoms with E-state index in [-0.39, 0.29) is 28.8 Å². The highest BCUT2D eigenvalue weighted by atomic mass is 32.2. The van der Waals surface area contributed by atoms with Crippen molar-refractivity contribution in [1.29, 1.82) is 0 Å². The highest BCUT2D eigenvalue weighted by Gasteiger charge is 2.31. The van der Waals surface area contributed by atoms with Gasteiger partial charge in [-0.3, -0.25) is 4.79 Å². The molecule has 0 spiro atoms. The molecule has 1 aliphatic carbocycles. The van der Waals surface area contributed by atoms with Gasteiger partial charge in [0.15, 0.2) is 0 Å². The van der Waals surface area contributed by atoms with E-state index in [2.05, 4.69) is 15.0 Å². The summed E-state index contributed by atoms with van der Waals surface area (Å²) in [5.74, 6) is -0.143. The van der Waals surface area contributed by atoms with Crippen LogP contribution in [0, 0.1) is 0 Å². The van der Waals surface area contributed by atoms with Crippen LogP contribution in [-0.2, 0) is 21.0 Å². The van der Waals surface area contributed by atoms with Crippen LogP contribution in [0.5, 0.6) is 5.88 Å². The number of hydrogen-bond acceptors (Lipinski definition) is 5. The molecule has 0 saturated heterocycles. The number of sulfonamides is 1. The lowest BCUT2D eigenvalue weighted by atomic mass is 9.94. The molecule has 0 aliphatic heterocycles. The summed E-state index contributed by atoms with van der Waals surface area (Å²) < 4.78 is 71.3. The van der Waals surface area contributed by atoms with Gasteiger partial charge >= 0.3 is 6.18 Å². The molecule has 0 unspecified atom stereocenters. The Morgan fingerprint density at radius 2 is 1.71 bits per heavy atom. The van der Waals surface area contributed by atoms with Crippen LogP contribution in [0.25, 0.3) is 0 Å². The van der Waals surface area contributed by atoms with Gasteiger partial charge in [0.05, 0.1) is 10.5 Å². The van der Waals surface area contributed by atoms with Crippen LogP contribution in [0.4, 0.5) is 18.9 Å². The number of nitrogens with one attached hydrogen (secondary N) is 2. The summed E-state index contributed by atoms with van der Waals surface area (Å²) in [6, 6.07) is 7.68. The Bertz CT molecular complexity index is 1000. The zero-order valence-corrected chi connectivity index (χ0v) is 17.5. The van der Waals surface area contributed by atoms with Crippen molar-refractivity contribution in [3.05, 3.63) is 48.2 Å². The summed E-state index contributed by atoms with van der Waals surface area (Å²) in [6.07, 6.45) is -1.85. The van der Waals surface area contributed by atoms with Gasteiger partial charge in [-0.15, -0.1) is 0 Å². The van der Waals surface area contributed by atoms with Crippen molar-refractivity contribution < 1.29 is 31.1 Å². The van der Waals surface area contributed by atoms with Crippen molar-refractivity contribution in [3.8, 4) is 5.88 Å². The quantitative estimate of drug-likeness (QED) is 0.689. The zero-order valence-electron chi connectivity index (χ0n) is 16.6. The molecule has 1 aliphatic rings. The summed E-state index contributed by atoms with van der Waals surface area (Å²) in [4.78, 5) is 14.8. The number of anilines is 1. The molecule has 1 aromatic heterocycles. The molecule has 0 radical (unpaired) electrons. The number of ether oxygens (including phenoxy) is 1. The van der Waals surface area contributed by atoms with Crippen LogP contribution in [-0.4, -0.2) is 31.5 Å². The summed E-state index contributed by atoms with van der Waals surface area (Å²) in [5, 5.41) is 2.57. The molecule has 7 nitrogen and oxygen atoms in total. The maximum Gasteiger partial charge on any atom is 0.417 e. The van der Waals surface area contributed by atoms with Gasteiger partial charge in [-0.2, -0.15) is 13.2 Å². The van der Waals surface area contributed by atoms with Crippen molar-refractivity contribution in [2.24, 2.45) is 0 Å². The molecule has 168 valence electrons. The van der Waals surface area contributed by atoms with Crippen LogP contribution in [0.1, 0.15) is 38.2 Å². The number of carbonyl (C=O) groups is 1. The Kier molecular flexibility index (Phi) is 6.85. The Morgan fingerprint density at radius 1 is 1.06 bits per heavy atom. The number of amides is 1. The molecule has 3 rings (SSSR count). The van der Waals surface area contributed by atoms with Crippen LogP contribution >= 0.6 is 0 Å². The SMILES string of the molecule is CC(=O)Nc1ccc(S(=O)(=O)NC2CCC(Oc3ccc(C(F)(F)F)cn3)CC2)cc1. The van der Waals surface area contributed by atoms with Gasteiger partial charge in [0, 0.05) is 30.9 Å². The predicted molar refractivity (Wildman–Crippen MR) is 107 cm³/mol. The van der Waals surface area contributed by atoms with Crippen molar-refractivity contribution in [3.63, 3.8) is 0 Å². The second-order valence-corrected chi connectivity index (χ2v) is 9.02. The minimum Gasteiger partial charge on any atom is -0.474 e. The summed E-state index contributed by atoms with van der Waals surface area (Å²) in [7, 11) is -3.72. The second kappa shape index (κ2) is 9.23. The number of benzene rings is 1. The van der Waals surface area contributed by atoms with Gasteiger partial charge in [0.2, 0.25) is 21.8 Å². The van der Waals surface area contributed by atoms with Gasteiger partial charge in [0.25, 0.3) is 0 Å². The third-order valence-electron chi connectivity index (χ3n) is 4.83. The summed E-state index contributed by atoms with van der Waals surface area (Å²) >= 11 is 0. The lowest BCUT2D eigenvalue weighted by Gasteiger charge is -2.29. The van der Waals surface area contributed by atoms with Crippen molar-refractivity contribution in [2.75, 3.05) is 5.32 Å². The number of alkyl halides is 3. The number of aromatic nitrogens is 1. The first-order valence-corrected chi connectivity index (χ1v) is 11.1. The minimum absolute atomic E-state index is 0.0916. The van der Waals surface area contributed by atoms with Gasteiger partial charge in [-0.1, -0.05) is 0 Å². The van der Waals surface area contributed by atoms with Gasteiger partial charge in [0.1, 0.15) is 6.10 Å². The second-order valence-electron chi connectivity index (χ2n) is 7.30. The average molecular weight is 457 g/mol. The Labute approximate surface area is 178 Å². The van der Waals surface area contributed by atoms with E-state index in [1.807, 2.05) is 0 Å². The molecule has 31 heavy (non-hydrogen) atoms. The topological polar surface area (TPSA) is 97.4 Å². The minimum atomic E-state index is -4.45. The molecule has 1 fully saturated rings. The normalized spacial score (nSPS) is 19.6. The molecule has 1 heterocycles. The highest BCUT2D eigenvalue weighted by Crippen LogP contribution is 2.30. The molecule has 11 heteroatoms. The number of nitrogens with zero attached hydrogens (tertiary/aromatic N) is 1. The molecular formula is C20H22F3N3O4S. The van der Waals surface area contributed by atoms with Crippen LogP contribution in [0.15, 0.2) is 47.5 Å². The Morgan fingerprint density at radius 3 is 2.23 bits per heavy atom. The molecule has 0 atom stereocenters. The number of halogens is 3. The summed E-state index contributed by atoms with van der Waals surface area (Å²) in [6.45, 7) is 1.36. The summed E-state index contributed by atoms with van der Waals surface area (Å²) in [5.41, 5.74) is -0.343. The molecule has 1 aromatic carbocycles. The zero-order chi connectivity index (χ0) is 22.6. The van der Waals surface area contributed by atoms with Crippen molar-refractivity contribution >= 4 is 21.6 Å². The predicted octanol–water partition coefficient (Wildman–Crippen LogP) is 3.73. The molecule has 1 saturated carbocycles. The van der Waals surface area contributed by atoms with Crippen molar-refractivity contribution in [2.45, 2.75) is 55.8 Å².